The zero-order chi connectivity index (χ0) is 28.2. The summed E-state index contributed by atoms with van der Waals surface area (Å²) in [4.78, 5) is 66.9. The Balaban J connectivity index is 1.92. The number of nitrogens with zero attached hydrogens (tertiary/aromatic N) is 1. The number of carbonyl (C=O) groups excluding carboxylic acids is 3. The van der Waals surface area contributed by atoms with Gasteiger partial charge in [-0.1, -0.05) is 18.2 Å². The number of carboxylic acid groups (broad SMARTS) is 2. The Labute approximate surface area is 217 Å². The van der Waals surface area contributed by atoms with Crippen LogP contribution in [-0.2, 0) is 30.4 Å². The Morgan fingerprint density at radius 2 is 1.71 bits per heavy atom. The number of guanidine groups is 1. The Morgan fingerprint density at radius 1 is 1.00 bits per heavy atom. The van der Waals surface area contributed by atoms with Crippen LogP contribution >= 0.6 is 0 Å². The molecule has 1 heterocycles. The van der Waals surface area contributed by atoms with Gasteiger partial charge in [0, 0.05) is 30.1 Å². The molecule has 3 atom stereocenters. The smallest absolute Gasteiger partial charge is 0.326 e. The van der Waals surface area contributed by atoms with Crippen LogP contribution in [0.2, 0.25) is 0 Å². The minimum Gasteiger partial charge on any atom is -0.481 e. The van der Waals surface area contributed by atoms with E-state index in [0.717, 1.165) is 10.9 Å². The molecule has 3 amide bonds. The highest BCUT2D eigenvalue weighted by Gasteiger charge is 2.27. The van der Waals surface area contributed by atoms with Crippen molar-refractivity contribution in [3.05, 3.63) is 36.0 Å². The number of aromatic amines is 1. The number of amides is 3. The van der Waals surface area contributed by atoms with E-state index in [9.17, 15) is 29.1 Å². The standard InChI is InChI=1S/C23H32N8O7/c24-14(5-3-7-27-23(25)26)20(35)31-16(9-19(33)34)21(36)29-11-18(32)30-17(22(37)38)8-12-10-28-15-6-2-1-4-13(12)15/h1-2,4,6,10,14,16-17,28H,3,5,7-9,11,24H2,(H,29,36)(H,30,32)(H,31,35)(H,33,34)(H,37,38)(H4,25,26,27). The lowest BCUT2D eigenvalue weighted by Crippen LogP contribution is -2.54. The summed E-state index contributed by atoms with van der Waals surface area (Å²) in [5, 5.41) is 26.3. The number of fused-ring (bicyclic) bond motifs is 1. The van der Waals surface area contributed by atoms with Crippen molar-refractivity contribution in [2.75, 3.05) is 13.1 Å². The highest BCUT2D eigenvalue weighted by molar-refractivity contribution is 5.94. The van der Waals surface area contributed by atoms with Crippen molar-refractivity contribution in [3.8, 4) is 0 Å². The van der Waals surface area contributed by atoms with Gasteiger partial charge >= 0.3 is 11.9 Å². The Kier molecular flexibility index (Phi) is 11.0. The molecule has 3 unspecified atom stereocenters. The average molecular weight is 533 g/mol. The van der Waals surface area contributed by atoms with E-state index >= 15 is 0 Å². The van der Waals surface area contributed by atoms with Gasteiger partial charge in [0.05, 0.1) is 19.0 Å². The zero-order valence-corrected chi connectivity index (χ0v) is 20.5. The van der Waals surface area contributed by atoms with E-state index in [2.05, 4.69) is 25.9 Å². The van der Waals surface area contributed by atoms with E-state index in [4.69, 9.17) is 22.3 Å². The normalized spacial score (nSPS) is 13.1. The third kappa shape index (κ3) is 9.42. The number of nitrogens with two attached hydrogens (primary N) is 3. The summed E-state index contributed by atoms with van der Waals surface area (Å²) < 4.78 is 0. The molecule has 0 fully saturated rings. The van der Waals surface area contributed by atoms with Gasteiger partial charge in [0.1, 0.15) is 12.1 Å². The van der Waals surface area contributed by atoms with E-state index < -0.39 is 60.8 Å². The van der Waals surface area contributed by atoms with Crippen molar-refractivity contribution >= 4 is 46.5 Å². The van der Waals surface area contributed by atoms with Crippen LogP contribution in [0.4, 0.5) is 0 Å². The lowest BCUT2D eigenvalue weighted by Gasteiger charge is -2.20. The van der Waals surface area contributed by atoms with E-state index in [1.807, 2.05) is 18.2 Å². The molecule has 0 aliphatic rings. The van der Waals surface area contributed by atoms with Gasteiger partial charge in [-0.2, -0.15) is 0 Å². The van der Waals surface area contributed by atoms with Gasteiger partial charge in [0.2, 0.25) is 17.7 Å². The molecular formula is C23H32N8O7. The first kappa shape index (κ1) is 29.6. The number of aromatic nitrogens is 1. The molecule has 12 N–H and O–H groups in total. The van der Waals surface area contributed by atoms with Crippen LogP contribution in [0, 0.1) is 0 Å². The largest absolute Gasteiger partial charge is 0.481 e. The second kappa shape index (κ2) is 14.2. The minimum absolute atomic E-state index is 0.0161. The first-order valence-corrected chi connectivity index (χ1v) is 11.7. The molecule has 15 nitrogen and oxygen atoms in total. The fourth-order valence-electron chi connectivity index (χ4n) is 3.57. The fourth-order valence-corrected chi connectivity index (χ4v) is 3.57. The number of rotatable bonds is 15. The molecule has 1 aromatic heterocycles. The van der Waals surface area contributed by atoms with E-state index in [1.54, 1.807) is 12.3 Å². The Hall–Kier alpha value is -4.66. The monoisotopic (exact) mass is 532 g/mol. The Morgan fingerprint density at radius 3 is 2.37 bits per heavy atom. The number of benzene rings is 1. The van der Waals surface area contributed by atoms with Crippen LogP contribution in [0.5, 0.6) is 0 Å². The summed E-state index contributed by atoms with van der Waals surface area (Å²) >= 11 is 0. The number of hydrogen-bond donors (Lipinski definition) is 9. The summed E-state index contributed by atoms with van der Waals surface area (Å²) in [5.74, 6) is -5.31. The maximum absolute atomic E-state index is 12.5. The van der Waals surface area contributed by atoms with Crippen LogP contribution < -0.4 is 33.2 Å². The molecule has 0 radical (unpaired) electrons. The van der Waals surface area contributed by atoms with Crippen LogP contribution in [0.3, 0.4) is 0 Å². The first-order chi connectivity index (χ1) is 18.0. The van der Waals surface area contributed by atoms with E-state index in [0.29, 0.717) is 12.0 Å². The number of aliphatic imine (C=N–C) groups is 1. The van der Waals surface area contributed by atoms with Crippen molar-refractivity contribution in [2.45, 2.75) is 43.8 Å². The molecular weight excluding hydrogens is 500 g/mol. The van der Waals surface area contributed by atoms with E-state index in [-0.39, 0.29) is 25.3 Å². The topological polar surface area (TPSA) is 268 Å². The van der Waals surface area contributed by atoms with Crippen LogP contribution in [0.15, 0.2) is 35.5 Å². The molecule has 0 spiro atoms. The summed E-state index contributed by atoms with van der Waals surface area (Å²) in [6.45, 7) is -0.415. The molecule has 1 aromatic carbocycles. The molecule has 0 aliphatic heterocycles. The summed E-state index contributed by atoms with van der Waals surface area (Å²) in [6.07, 6.45) is 1.40. The molecule has 2 aromatic rings. The maximum atomic E-state index is 12.5. The van der Waals surface area contributed by atoms with Crippen molar-refractivity contribution in [1.29, 1.82) is 0 Å². The number of H-pyrrole nitrogens is 1. The number of aliphatic carboxylic acids is 2. The predicted octanol–water partition coefficient (Wildman–Crippen LogP) is -2.26. The highest BCUT2D eigenvalue weighted by atomic mass is 16.4. The molecule has 0 aliphatic carbocycles. The fraction of sp³-hybridized carbons (Fsp3) is 0.391. The van der Waals surface area contributed by atoms with Gasteiger partial charge in [0.25, 0.3) is 0 Å². The second-order valence-corrected chi connectivity index (χ2v) is 8.45. The summed E-state index contributed by atoms with van der Waals surface area (Å²) in [7, 11) is 0. The van der Waals surface area contributed by atoms with Gasteiger partial charge in [-0.3, -0.25) is 24.2 Å². The van der Waals surface area contributed by atoms with Gasteiger partial charge in [-0.25, -0.2) is 4.79 Å². The lowest BCUT2D eigenvalue weighted by atomic mass is 10.0. The Bertz CT molecular complexity index is 1190. The molecule has 15 heteroatoms. The third-order valence-corrected chi connectivity index (χ3v) is 5.47. The van der Waals surface area contributed by atoms with Crippen molar-refractivity contribution in [2.24, 2.45) is 22.2 Å². The molecule has 0 bridgehead atoms. The number of nitrogens with one attached hydrogen (secondary N) is 4. The molecule has 0 saturated heterocycles. The van der Waals surface area contributed by atoms with Gasteiger partial charge in [-0.05, 0) is 24.5 Å². The molecule has 206 valence electrons. The zero-order valence-electron chi connectivity index (χ0n) is 20.5. The summed E-state index contributed by atoms with van der Waals surface area (Å²) in [5.41, 5.74) is 17.7. The molecule has 0 saturated carbocycles. The maximum Gasteiger partial charge on any atom is 0.326 e. The average Bonchev–Trinajstić information content (AvgIpc) is 3.26. The van der Waals surface area contributed by atoms with Crippen molar-refractivity contribution in [3.63, 3.8) is 0 Å². The number of carbonyl (C=O) groups is 5. The minimum atomic E-state index is -1.52. The highest BCUT2D eigenvalue weighted by Crippen LogP contribution is 2.19. The molecule has 2 rings (SSSR count). The van der Waals surface area contributed by atoms with E-state index in [1.165, 1.54) is 0 Å². The van der Waals surface area contributed by atoms with Gasteiger partial charge in [-0.15, -0.1) is 0 Å². The van der Waals surface area contributed by atoms with Crippen molar-refractivity contribution in [1.82, 2.24) is 20.9 Å². The predicted molar refractivity (Wildman–Crippen MR) is 137 cm³/mol. The SMILES string of the molecule is NC(N)=NCCCC(N)C(=O)NC(CC(=O)O)C(=O)NCC(=O)NC(Cc1c[nH]c2ccccc12)C(=O)O. The number of carboxylic acids is 2. The van der Waals surface area contributed by atoms with Crippen LogP contribution in [-0.4, -0.2) is 82.0 Å². The quantitative estimate of drug-likeness (QED) is 0.0674. The second-order valence-electron chi connectivity index (χ2n) is 8.45. The molecule has 38 heavy (non-hydrogen) atoms. The van der Waals surface area contributed by atoms with Crippen LogP contribution in [0.25, 0.3) is 10.9 Å². The summed E-state index contributed by atoms with van der Waals surface area (Å²) in [6, 6.07) is 3.41. The first-order valence-electron chi connectivity index (χ1n) is 11.7. The van der Waals surface area contributed by atoms with Crippen molar-refractivity contribution < 1.29 is 34.2 Å². The number of hydrogen-bond acceptors (Lipinski definition) is 7. The van der Waals surface area contributed by atoms with Gasteiger partial charge in [0.15, 0.2) is 5.96 Å². The number of para-hydroxylation sites is 1. The third-order valence-electron chi connectivity index (χ3n) is 5.47. The lowest BCUT2D eigenvalue weighted by molar-refractivity contribution is -0.142. The van der Waals surface area contributed by atoms with Crippen LogP contribution in [0.1, 0.15) is 24.8 Å². The van der Waals surface area contributed by atoms with Gasteiger partial charge < -0.3 is 48.3 Å².